The van der Waals surface area contributed by atoms with E-state index in [1.807, 2.05) is 0 Å². The fraction of sp³-hybridized carbons (Fsp3) is 0.385. The molecule has 0 spiro atoms. The van der Waals surface area contributed by atoms with Crippen LogP contribution in [0, 0.1) is 0 Å². The number of methoxy groups -OCH3 is 1. The number of nitrogens with one attached hydrogen (secondary N) is 2. The lowest BCUT2D eigenvalue weighted by molar-refractivity contribution is -0.155. The summed E-state index contributed by atoms with van der Waals surface area (Å²) >= 11 is 0. The molecule has 2 amide bonds. The SMILES string of the molecule is COc1ccc(CNC(=O)NCC(C)(O)C(=O)O)cc1. The Morgan fingerprint density at radius 1 is 1.25 bits per heavy atom. The van der Waals surface area contributed by atoms with Gasteiger partial charge in [0.1, 0.15) is 5.75 Å². The van der Waals surface area contributed by atoms with Crippen molar-refractivity contribution in [2.75, 3.05) is 13.7 Å². The van der Waals surface area contributed by atoms with Gasteiger partial charge in [-0.05, 0) is 24.6 Å². The number of carbonyl (C=O) groups excluding carboxylic acids is 1. The highest BCUT2D eigenvalue weighted by Gasteiger charge is 2.30. The molecule has 1 unspecified atom stereocenters. The largest absolute Gasteiger partial charge is 0.497 e. The van der Waals surface area contributed by atoms with E-state index in [-0.39, 0.29) is 13.1 Å². The van der Waals surface area contributed by atoms with Crippen LogP contribution in [0.2, 0.25) is 0 Å². The molecule has 0 aliphatic heterocycles. The van der Waals surface area contributed by atoms with Crippen LogP contribution in [-0.4, -0.2) is 41.5 Å². The molecule has 7 heteroatoms. The first kappa shape index (κ1) is 15.8. The first-order valence-electron chi connectivity index (χ1n) is 5.95. The summed E-state index contributed by atoms with van der Waals surface area (Å²) in [5.41, 5.74) is -1.12. The van der Waals surface area contributed by atoms with Gasteiger partial charge >= 0.3 is 12.0 Å². The van der Waals surface area contributed by atoms with Crippen LogP contribution in [0.1, 0.15) is 12.5 Å². The Balaban J connectivity index is 2.38. The number of carboxylic acids is 1. The minimum absolute atomic E-state index is 0.283. The first-order chi connectivity index (χ1) is 9.35. The molecule has 0 fully saturated rings. The molecule has 1 aromatic carbocycles. The summed E-state index contributed by atoms with van der Waals surface area (Å²) in [6, 6.07) is 6.58. The number of aliphatic carboxylic acids is 1. The second-order valence-corrected chi connectivity index (χ2v) is 4.46. The minimum atomic E-state index is -1.99. The average molecular weight is 282 g/mol. The highest BCUT2D eigenvalue weighted by Crippen LogP contribution is 2.10. The molecule has 1 rings (SSSR count). The summed E-state index contributed by atoms with van der Waals surface area (Å²) in [7, 11) is 1.56. The molecule has 0 bridgehead atoms. The molecule has 0 saturated carbocycles. The van der Waals surface area contributed by atoms with E-state index in [2.05, 4.69) is 10.6 Å². The van der Waals surface area contributed by atoms with E-state index < -0.39 is 17.6 Å². The summed E-state index contributed by atoms with van der Waals surface area (Å²) in [4.78, 5) is 22.1. The van der Waals surface area contributed by atoms with Gasteiger partial charge in [-0.25, -0.2) is 9.59 Å². The standard InChI is InChI=1S/C13H18N2O5/c1-13(19,11(16)17)8-15-12(18)14-7-9-3-5-10(20-2)6-4-9/h3-6,19H,7-8H2,1-2H3,(H,16,17)(H2,14,15,18). The number of ether oxygens (including phenoxy) is 1. The molecule has 0 aliphatic carbocycles. The third-order valence-electron chi connectivity index (χ3n) is 2.67. The van der Waals surface area contributed by atoms with Crippen LogP contribution in [0.4, 0.5) is 4.79 Å². The zero-order valence-electron chi connectivity index (χ0n) is 11.3. The summed E-state index contributed by atoms with van der Waals surface area (Å²) in [6.07, 6.45) is 0. The Morgan fingerprint density at radius 3 is 2.35 bits per heavy atom. The first-order valence-corrected chi connectivity index (χ1v) is 5.95. The number of aliphatic hydroxyl groups is 1. The lowest BCUT2D eigenvalue weighted by Gasteiger charge is -2.18. The summed E-state index contributed by atoms with van der Waals surface area (Å²) in [5.74, 6) is -0.677. The number of amides is 2. The van der Waals surface area contributed by atoms with E-state index in [9.17, 15) is 14.7 Å². The van der Waals surface area contributed by atoms with Crippen molar-refractivity contribution in [3.8, 4) is 5.75 Å². The molecule has 0 saturated heterocycles. The Hall–Kier alpha value is -2.28. The molecule has 1 aromatic rings. The van der Waals surface area contributed by atoms with E-state index in [0.717, 1.165) is 18.2 Å². The van der Waals surface area contributed by atoms with Gasteiger partial charge in [-0.3, -0.25) is 0 Å². The summed E-state index contributed by atoms with van der Waals surface area (Å²) in [6.45, 7) is 1.01. The zero-order chi connectivity index (χ0) is 15.2. The Bertz CT molecular complexity index is 470. The number of rotatable bonds is 6. The molecule has 0 aromatic heterocycles. The third kappa shape index (κ3) is 4.77. The van der Waals surface area contributed by atoms with Crippen LogP contribution in [0.25, 0.3) is 0 Å². The molecular weight excluding hydrogens is 264 g/mol. The summed E-state index contributed by atoms with van der Waals surface area (Å²) < 4.78 is 5.01. The van der Waals surface area contributed by atoms with E-state index >= 15 is 0 Å². The highest BCUT2D eigenvalue weighted by molar-refractivity contribution is 5.79. The van der Waals surface area contributed by atoms with Gasteiger partial charge in [-0.2, -0.15) is 0 Å². The maximum absolute atomic E-state index is 11.5. The lowest BCUT2D eigenvalue weighted by atomic mass is 10.1. The molecule has 20 heavy (non-hydrogen) atoms. The second kappa shape index (κ2) is 6.76. The van der Waals surface area contributed by atoms with Crippen LogP contribution in [0.5, 0.6) is 5.75 Å². The Morgan fingerprint density at radius 2 is 1.85 bits per heavy atom. The molecule has 0 heterocycles. The van der Waals surface area contributed by atoms with E-state index in [1.165, 1.54) is 0 Å². The average Bonchev–Trinajstić information content (AvgIpc) is 2.43. The quantitative estimate of drug-likeness (QED) is 0.601. The molecule has 0 radical (unpaired) electrons. The molecule has 7 nitrogen and oxygen atoms in total. The van der Waals surface area contributed by atoms with E-state index in [1.54, 1.807) is 31.4 Å². The van der Waals surface area contributed by atoms with Crippen LogP contribution >= 0.6 is 0 Å². The van der Waals surface area contributed by atoms with Crippen LogP contribution in [-0.2, 0) is 11.3 Å². The molecular formula is C13H18N2O5. The van der Waals surface area contributed by atoms with Gasteiger partial charge in [0.15, 0.2) is 5.60 Å². The maximum Gasteiger partial charge on any atom is 0.337 e. The van der Waals surface area contributed by atoms with E-state index in [0.29, 0.717) is 0 Å². The Kier molecular flexibility index (Phi) is 5.33. The van der Waals surface area contributed by atoms with Gasteiger partial charge in [-0.15, -0.1) is 0 Å². The lowest BCUT2D eigenvalue weighted by Crippen LogP contribution is -2.48. The fourth-order valence-corrected chi connectivity index (χ4v) is 1.32. The van der Waals surface area contributed by atoms with Gasteiger partial charge in [0.2, 0.25) is 0 Å². The Labute approximate surface area is 116 Å². The van der Waals surface area contributed by atoms with Gasteiger partial charge in [0, 0.05) is 6.54 Å². The second-order valence-electron chi connectivity index (χ2n) is 4.46. The van der Waals surface area contributed by atoms with Crippen molar-refractivity contribution < 1.29 is 24.5 Å². The number of urea groups is 1. The van der Waals surface area contributed by atoms with Crippen LogP contribution < -0.4 is 15.4 Å². The number of hydrogen-bond acceptors (Lipinski definition) is 4. The monoisotopic (exact) mass is 282 g/mol. The predicted octanol–water partition coefficient (Wildman–Crippen LogP) is 0.330. The van der Waals surface area contributed by atoms with Crippen molar-refractivity contribution >= 4 is 12.0 Å². The van der Waals surface area contributed by atoms with Crippen molar-refractivity contribution in [1.82, 2.24) is 10.6 Å². The van der Waals surface area contributed by atoms with Gasteiger partial charge in [-0.1, -0.05) is 12.1 Å². The molecule has 4 N–H and O–H groups in total. The van der Waals surface area contributed by atoms with Crippen molar-refractivity contribution in [2.45, 2.75) is 19.1 Å². The normalized spacial score (nSPS) is 13.2. The van der Waals surface area contributed by atoms with Gasteiger partial charge in [0.25, 0.3) is 0 Å². The van der Waals surface area contributed by atoms with Crippen LogP contribution in [0.3, 0.4) is 0 Å². The minimum Gasteiger partial charge on any atom is -0.497 e. The number of benzene rings is 1. The fourth-order valence-electron chi connectivity index (χ4n) is 1.32. The number of hydrogen-bond donors (Lipinski definition) is 4. The molecule has 1 atom stereocenters. The van der Waals surface area contributed by atoms with Crippen molar-refractivity contribution in [2.24, 2.45) is 0 Å². The van der Waals surface area contributed by atoms with Crippen molar-refractivity contribution in [1.29, 1.82) is 0 Å². The van der Waals surface area contributed by atoms with Crippen molar-refractivity contribution in [3.63, 3.8) is 0 Å². The van der Waals surface area contributed by atoms with Crippen molar-refractivity contribution in [3.05, 3.63) is 29.8 Å². The zero-order valence-corrected chi connectivity index (χ0v) is 11.3. The van der Waals surface area contributed by atoms with E-state index in [4.69, 9.17) is 9.84 Å². The molecule has 0 aliphatic rings. The topological polar surface area (TPSA) is 108 Å². The van der Waals surface area contributed by atoms with Crippen LogP contribution in [0.15, 0.2) is 24.3 Å². The third-order valence-corrected chi connectivity index (χ3v) is 2.67. The smallest absolute Gasteiger partial charge is 0.337 e. The number of carbonyl (C=O) groups is 2. The number of carboxylic acid groups (broad SMARTS) is 1. The van der Waals surface area contributed by atoms with Gasteiger partial charge < -0.3 is 25.6 Å². The predicted molar refractivity (Wildman–Crippen MR) is 71.5 cm³/mol. The summed E-state index contributed by atoms with van der Waals surface area (Å²) in [5, 5.41) is 22.9. The maximum atomic E-state index is 11.5. The molecule has 110 valence electrons. The van der Waals surface area contributed by atoms with Gasteiger partial charge in [0.05, 0.1) is 13.7 Å². The highest BCUT2D eigenvalue weighted by atomic mass is 16.5.